The molecule has 0 aliphatic carbocycles. The highest BCUT2D eigenvalue weighted by atomic mass is 16.5. The molecular weight excluding hydrogens is 194 g/mol. The van der Waals surface area contributed by atoms with Crippen molar-refractivity contribution in [3.05, 3.63) is 24.3 Å². The Morgan fingerprint density at radius 3 is 2.80 bits per heavy atom. The van der Waals surface area contributed by atoms with Gasteiger partial charge in [0.1, 0.15) is 11.5 Å². The van der Waals surface area contributed by atoms with Crippen LogP contribution in [0.3, 0.4) is 0 Å². The second kappa shape index (κ2) is 5.90. The SMILES string of the molecule is CCCCOc1cccc(OC([NH])=O)c1. The number of amides is 1. The third kappa shape index (κ3) is 4.35. The second-order valence-corrected chi connectivity index (χ2v) is 3.07. The molecular formula is C11H14NO3. The molecule has 1 radical (unpaired) electrons. The number of carbonyl (C=O) groups excluding carboxylic acids is 1. The maximum atomic E-state index is 10.4. The maximum Gasteiger partial charge on any atom is 0.431 e. The minimum atomic E-state index is -1.07. The Bertz CT molecular complexity index is 325. The van der Waals surface area contributed by atoms with Crippen molar-refractivity contribution in [1.82, 2.24) is 5.73 Å². The van der Waals surface area contributed by atoms with Gasteiger partial charge in [-0.2, -0.15) is 0 Å². The van der Waals surface area contributed by atoms with Gasteiger partial charge in [-0.3, -0.25) is 0 Å². The van der Waals surface area contributed by atoms with Gasteiger partial charge in [-0.05, 0) is 18.6 Å². The van der Waals surface area contributed by atoms with Crippen molar-refractivity contribution >= 4 is 6.09 Å². The van der Waals surface area contributed by atoms with Gasteiger partial charge < -0.3 is 9.47 Å². The van der Waals surface area contributed by atoms with Crippen molar-refractivity contribution in [2.75, 3.05) is 6.61 Å². The van der Waals surface area contributed by atoms with Crippen LogP contribution in [0, 0.1) is 0 Å². The lowest BCUT2D eigenvalue weighted by molar-refractivity contribution is 0.209. The molecule has 0 bridgehead atoms. The van der Waals surface area contributed by atoms with Gasteiger partial charge in [-0.25, -0.2) is 10.5 Å². The van der Waals surface area contributed by atoms with E-state index in [-0.39, 0.29) is 0 Å². The van der Waals surface area contributed by atoms with Crippen LogP contribution in [0.15, 0.2) is 24.3 Å². The summed E-state index contributed by atoms with van der Waals surface area (Å²) in [4.78, 5) is 10.4. The quantitative estimate of drug-likeness (QED) is 0.699. The molecule has 81 valence electrons. The van der Waals surface area contributed by atoms with Crippen molar-refractivity contribution in [3.63, 3.8) is 0 Å². The Hall–Kier alpha value is -1.71. The van der Waals surface area contributed by atoms with E-state index in [1.165, 1.54) is 0 Å². The summed E-state index contributed by atoms with van der Waals surface area (Å²) in [7, 11) is 0. The van der Waals surface area contributed by atoms with Crippen LogP contribution in [0.4, 0.5) is 4.79 Å². The molecule has 0 aliphatic rings. The molecule has 0 unspecified atom stereocenters. The lowest BCUT2D eigenvalue weighted by atomic mass is 10.3. The fourth-order valence-corrected chi connectivity index (χ4v) is 1.07. The monoisotopic (exact) mass is 208 g/mol. The lowest BCUT2D eigenvalue weighted by Crippen LogP contribution is -2.05. The summed E-state index contributed by atoms with van der Waals surface area (Å²) < 4.78 is 10.0. The van der Waals surface area contributed by atoms with E-state index in [2.05, 4.69) is 11.7 Å². The molecule has 4 nitrogen and oxygen atoms in total. The van der Waals surface area contributed by atoms with E-state index in [4.69, 9.17) is 10.5 Å². The molecule has 0 aromatic heterocycles. The summed E-state index contributed by atoms with van der Waals surface area (Å²) >= 11 is 0. The average molecular weight is 208 g/mol. The zero-order valence-corrected chi connectivity index (χ0v) is 8.66. The molecule has 1 rings (SSSR count). The van der Waals surface area contributed by atoms with Crippen molar-refractivity contribution in [2.24, 2.45) is 0 Å². The van der Waals surface area contributed by atoms with Crippen LogP contribution in [0.5, 0.6) is 11.5 Å². The van der Waals surface area contributed by atoms with E-state index >= 15 is 0 Å². The van der Waals surface area contributed by atoms with Gasteiger partial charge in [0.15, 0.2) is 0 Å². The Morgan fingerprint density at radius 2 is 2.13 bits per heavy atom. The standard InChI is InChI=1S/C11H14NO3/c1-2-3-7-14-9-5-4-6-10(8-9)15-11(12)13/h4-6,8,12H,2-3,7H2,1H3. The average Bonchev–Trinajstić information content (AvgIpc) is 2.18. The van der Waals surface area contributed by atoms with Crippen molar-refractivity contribution in [2.45, 2.75) is 19.8 Å². The molecule has 1 amide bonds. The van der Waals surface area contributed by atoms with Gasteiger partial charge in [0.05, 0.1) is 6.61 Å². The second-order valence-electron chi connectivity index (χ2n) is 3.07. The number of nitrogens with one attached hydrogen (secondary N) is 1. The highest BCUT2D eigenvalue weighted by Crippen LogP contribution is 2.19. The third-order valence-corrected chi connectivity index (χ3v) is 1.78. The van der Waals surface area contributed by atoms with Gasteiger partial charge in [-0.15, -0.1) is 0 Å². The minimum absolute atomic E-state index is 0.337. The molecule has 15 heavy (non-hydrogen) atoms. The molecule has 0 heterocycles. The molecule has 0 saturated carbocycles. The van der Waals surface area contributed by atoms with Crippen LogP contribution < -0.4 is 15.2 Å². The van der Waals surface area contributed by atoms with Gasteiger partial charge >= 0.3 is 6.09 Å². The van der Waals surface area contributed by atoms with Crippen LogP contribution in [0.1, 0.15) is 19.8 Å². The number of hydrogen-bond acceptors (Lipinski definition) is 3. The zero-order chi connectivity index (χ0) is 11.1. The van der Waals surface area contributed by atoms with Crippen LogP contribution in [0.2, 0.25) is 0 Å². The van der Waals surface area contributed by atoms with E-state index in [1.807, 2.05) is 0 Å². The predicted octanol–water partition coefficient (Wildman–Crippen LogP) is 2.65. The Balaban J connectivity index is 2.53. The maximum absolute atomic E-state index is 10.4. The van der Waals surface area contributed by atoms with Crippen molar-refractivity contribution in [3.8, 4) is 11.5 Å². The van der Waals surface area contributed by atoms with Crippen LogP contribution in [-0.2, 0) is 0 Å². The van der Waals surface area contributed by atoms with E-state index in [0.717, 1.165) is 12.8 Å². The first-order chi connectivity index (χ1) is 7.22. The van der Waals surface area contributed by atoms with Crippen LogP contribution in [0.25, 0.3) is 0 Å². The zero-order valence-electron chi connectivity index (χ0n) is 8.66. The Kier molecular flexibility index (Phi) is 4.47. The predicted molar refractivity (Wildman–Crippen MR) is 56.0 cm³/mol. The van der Waals surface area contributed by atoms with Gasteiger partial charge in [0.2, 0.25) is 0 Å². The highest BCUT2D eigenvalue weighted by molar-refractivity contribution is 5.67. The summed E-state index contributed by atoms with van der Waals surface area (Å²) in [6, 6.07) is 6.72. The third-order valence-electron chi connectivity index (χ3n) is 1.78. The molecule has 0 saturated heterocycles. The van der Waals surface area contributed by atoms with Gasteiger partial charge in [0.25, 0.3) is 0 Å². The molecule has 1 aromatic carbocycles. The molecule has 1 N–H and O–H groups in total. The summed E-state index contributed by atoms with van der Waals surface area (Å²) in [6.45, 7) is 2.73. The molecule has 1 aromatic rings. The van der Waals surface area contributed by atoms with Crippen molar-refractivity contribution < 1.29 is 14.3 Å². The number of carbonyl (C=O) groups is 1. The molecule has 0 fully saturated rings. The molecule has 4 heteroatoms. The molecule has 0 spiro atoms. The topological polar surface area (TPSA) is 59.3 Å². The van der Waals surface area contributed by atoms with Crippen LogP contribution >= 0.6 is 0 Å². The lowest BCUT2D eigenvalue weighted by Gasteiger charge is -2.06. The summed E-state index contributed by atoms with van der Waals surface area (Å²) in [5, 5.41) is 0. The summed E-state index contributed by atoms with van der Waals surface area (Å²) in [6.07, 6.45) is 0.991. The van der Waals surface area contributed by atoms with Crippen molar-refractivity contribution in [1.29, 1.82) is 0 Å². The smallest absolute Gasteiger partial charge is 0.431 e. The number of unbranched alkanes of at least 4 members (excludes halogenated alkanes) is 1. The highest BCUT2D eigenvalue weighted by Gasteiger charge is 2.01. The number of benzene rings is 1. The van der Waals surface area contributed by atoms with E-state index in [9.17, 15) is 4.79 Å². The van der Waals surface area contributed by atoms with Crippen LogP contribution in [-0.4, -0.2) is 12.7 Å². The largest absolute Gasteiger partial charge is 0.493 e. The van der Waals surface area contributed by atoms with Gasteiger partial charge in [0, 0.05) is 6.07 Å². The normalized spacial score (nSPS) is 9.67. The van der Waals surface area contributed by atoms with E-state index < -0.39 is 6.09 Å². The Morgan fingerprint density at radius 1 is 1.40 bits per heavy atom. The minimum Gasteiger partial charge on any atom is -0.493 e. The number of hydrogen-bond donors (Lipinski definition) is 0. The summed E-state index contributed by atoms with van der Waals surface area (Å²) in [5.41, 5.74) is 6.65. The summed E-state index contributed by atoms with van der Waals surface area (Å²) in [5.74, 6) is 0.992. The number of rotatable bonds is 5. The Labute approximate surface area is 89.0 Å². The first-order valence-electron chi connectivity index (χ1n) is 4.88. The fraction of sp³-hybridized carbons (Fsp3) is 0.364. The number of ether oxygens (including phenoxy) is 2. The first kappa shape index (κ1) is 11.4. The first-order valence-corrected chi connectivity index (χ1v) is 4.88. The van der Waals surface area contributed by atoms with E-state index in [0.29, 0.717) is 18.1 Å². The molecule has 0 aliphatic heterocycles. The van der Waals surface area contributed by atoms with E-state index in [1.54, 1.807) is 24.3 Å². The molecule has 0 atom stereocenters. The van der Waals surface area contributed by atoms with Gasteiger partial charge in [-0.1, -0.05) is 19.4 Å². The fourth-order valence-electron chi connectivity index (χ4n) is 1.07.